The molecule has 5 aromatic rings. The predicted octanol–water partition coefficient (Wildman–Crippen LogP) is 7.38. The highest BCUT2D eigenvalue weighted by molar-refractivity contribution is 5.86. The minimum atomic E-state index is -0.512. The van der Waals surface area contributed by atoms with Crippen molar-refractivity contribution >= 4 is 11.0 Å². The SMILES string of the molecule is CC(C)n1c2[n+]3c4c(cccc41)Oc1cc4c(c(c1-3)C21c2ccccc2-c2cccc[n+]21)C(C)(C)CCC4(C)C. The quantitative estimate of drug-likeness (QED) is 0.205. The third-order valence-electron chi connectivity index (χ3n) is 10.4. The van der Waals surface area contributed by atoms with Gasteiger partial charge in [-0.1, -0.05) is 52.0 Å². The highest BCUT2D eigenvalue weighted by Crippen LogP contribution is 2.60. The predicted molar refractivity (Wildman–Crippen MR) is 157 cm³/mol. The Hall–Kier alpha value is -3.92. The molecule has 3 aromatic carbocycles. The zero-order valence-corrected chi connectivity index (χ0v) is 24.2. The second-order valence-corrected chi connectivity index (χ2v) is 13.8. The first-order chi connectivity index (χ1) is 19.2. The molecule has 1 unspecified atom stereocenters. The average molecular weight is 526 g/mol. The molecule has 0 radical (unpaired) electrons. The number of benzene rings is 3. The van der Waals surface area contributed by atoms with Crippen LogP contribution < -0.4 is 13.9 Å². The number of hydrogen-bond acceptors (Lipinski definition) is 1. The number of hydrogen-bond donors (Lipinski definition) is 0. The molecule has 0 fully saturated rings. The maximum atomic E-state index is 6.92. The number of pyridine rings is 1. The van der Waals surface area contributed by atoms with Gasteiger partial charge in [-0.25, -0.2) is 4.57 Å². The van der Waals surface area contributed by atoms with Crippen molar-refractivity contribution in [3.63, 3.8) is 0 Å². The van der Waals surface area contributed by atoms with Crippen LogP contribution in [0.25, 0.3) is 28.0 Å². The molecule has 0 bridgehead atoms. The van der Waals surface area contributed by atoms with E-state index in [9.17, 15) is 0 Å². The summed E-state index contributed by atoms with van der Waals surface area (Å²) in [4.78, 5) is 0. The number of nitrogens with zero attached hydrogens (tertiary/aromatic N) is 3. The van der Waals surface area contributed by atoms with E-state index in [1.54, 1.807) is 0 Å². The number of imidazole rings is 1. The lowest BCUT2D eigenvalue weighted by molar-refractivity contribution is -0.733. The van der Waals surface area contributed by atoms with Crippen LogP contribution in [0.1, 0.15) is 88.5 Å². The number of fused-ring (bicyclic) bond motifs is 9. The molecule has 1 atom stereocenters. The summed E-state index contributed by atoms with van der Waals surface area (Å²) in [5.74, 6) is 3.26. The minimum absolute atomic E-state index is 0.0258. The van der Waals surface area contributed by atoms with Crippen molar-refractivity contribution in [1.82, 2.24) is 4.57 Å². The fourth-order valence-electron chi connectivity index (χ4n) is 8.66. The van der Waals surface area contributed by atoms with Crippen LogP contribution >= 0.6 is 0 Å². The summed E-state index contributed by atoms with van der Waals surface area (Å²) in [6.07, 6.45) is 4.64. The van der Waals surface area contributed by atoms with Gasteiger partial charge in [0.15, 0.2) is 28.9 Å². The summed E-state index contributed by atoms with van der Waals surface area (Å²) < 4.78 is 14.7. The van der Waals surface area contributed by atoms with Crippen LogP contribution in [0, 0.1) is 0 Å². The Kier molecular flexibility index (Phi) is 3.92. The van der Waals surface area contributed by atoms with Gasteiger partial charge in [0.05, 0.1) is 22.7 Å². The Balaban J connectivity index is 1.62. The van der Waals surface area contributed by atoms with Crippen LogP contribution in [0.15, 0.2) is 72.9 Å². The largest absolute Gasteiger partial charge is 0.448 e. The fourth-order valence-corrected chi connectivity index (χ4v) is 8.66. The highest BCUT2D eigenvalue weighted by atomic mass is 16.5. The van der Waals surface area contributed by atoms with E-state index in [2.05, 4.69) is 128 Å². The van der Waals surface area contributed by atoms with Crippen LogP contribution in [0.5, 0.6) is 11.5 Å². The third-order valence-corrected chi connectivity index (χ3v) is 10.4. The van der Waals surface area contributed by atoms with Gasteiger partial charge >= 0.3 is 11.4 Å². The van der Waals surface area contributed by atoms with Crippen LogP contribution in [0.4, 0.5) is 0 Å². The maximum absolute atomic E-state index is 6.92. The number of rotatable bonds is 1. The second kappa shape index (κ2) is 6.86. The van der Waals surface area contributed by atoms with E-state index in [0.717, 1.165) is 24.3 Å². The standard InChI is InChI=1S/C36H35N3O/c1-21(2)38-26-15-11-16-27-31(26)39-32-28(40-27)20-24-29(35(5,6)18-17-34(24,3)4)30(32)36(33(38)39)23-13-8-7-12-22(23)25-14-9-10-19-37(25)36/h7-16,19-21H,17-18H2,1-6H3/q+2. The topological polar surface area (TPSA) is 21.9 Å². The van der Waals surface area contributed by atoms with Crippen molar-refractivity contribution in [3.8, 4) is 28.4 Å². The Morgan fingerprint density at radius 3 is 2.40 bits per heavy atom. The maximum Gasteiger partial charge on any atom is 0.347 e. The molecule has 0 N–H and O–H groups in total. The molecule has 1 spiro atoms. The Labute approximate surface area is 235 Å². The zero-order valence-electron chi connectivity index (χ0n) is 24.2. The zero-order chi connectivity index (χ0) is 27.3. The molecule has 198 valence electrons. The molecule has 1 aliphatic carbocycles. The van der Waals surface area contributed by atoms with Gasteiger partial charge in [-0.2, -0.15) is 9.13 Å². The van der Waals surface area contributed by atoms with Crippen molar-refractivity contribution < 1.29 is 13.9 Å². The van der Waals surface area contributed by atoms with Crippen molar-refractivity contribution in [2.24, 2.45) is 0 Å². The number of para-hydroxylation sites is 1. The minimum Gasteiger partial charge on any atom is -0.448 e. The van der Waals surface area contributed by atoms with E-state index in [0.29, 0.717) is 0 Å². The summed E-state index contributed by atoms with van der Waals surface area (Å²) in [5.41, 5.74) is 11.5. The van der Waals surface area contributed by atoms with Crippen LogP contribution in [-0.4, -0.2) is 4.57 Å². The molecule has 5 heterocycles. The second-order valence-electron chi connectivity index (χ2n) is 13.8. The van der Waals surface area contributed by atoms with Crippen molar-refractivity contribution in [3.05, 3.63) is 101 Å². The van der Waals surface area contributed by atoms with E-state index in [-0.39, 0.29) is 16.9 Å². The molecule has 4 aliphatic rings. The molecule has 4 nitrogen and oxygen atoms in total. The number of aromatic nitrogens is 3. The summed E-state index contributed by atoms with van der Waals surface area (Å²) >= 11 is 0. The monoisotopic (exact) mass is 525 g/mol. The van der Waals surface area contributed by atoms with Crippen molar-refractivity contribution in [2.75, 3.05) is 0 Å². The highest BCUT2D eigenvalue weighted by Gasteiger charge is 2.71. The van der Waals surface area contributed by atoms with E-state index < -0.39 is 5.54 Å². The van der Waals surface area contributed by atoms with Gasteiger partial charge in [-0.05, 0) is 79.0 Å². The molecule has 4 heteroatoms. The van der Waals surface area contributed by atoms with E-state index in [1.807, 2.05) is 0 Å². The van der Waals surface area contributed by atoms with Crippen molar-refractivity contribution in [1.29, 1.82) is 0 Å². The van der Waals surface area contributed by atoms with Gasteiger partial charge in [0, 0.05) is 12.1 Å². The average Bonchev–Trinajstić information content (AvgIpc) is 3.54. The lowest BCUT2D eigenvalue weighted by atomic mass is 9.60. The molecule has 0 amide bonds. The first-order valence-electron chi connectivity index (χ1n) is 14.8. The van der Waals surface area contributed by atoms with Gasteiger partial charge < -0.3 is 4.74 Å². The van der Waals surface area contributed by atoms with Crippen LogP contribution in [0.2, 0.25) is 0 Å². The van der Waals surface area contributed by atoms with Gasteiger partial charge in [0.1, 0.15) is 0 Å². The van der Waals surface area contributed by atoms with Crippen molar-refractivity contribution in [2.45, 2.75) is 76.8 Å². The summed E-state index contributed by atoms with van der Waals surface area (Å²) in [5, 5.41) is 0. The molecular formula is C36H35N3O+2. The lowest BCUT2D eigenvalue weighted by Crippen LogP contribution is -2.58. The van der Waals surface area contributed by atoms with Crippen LogP contribution in [-0.2, 0) is 16.4 Å². The van der Waals surface area contributed by atoms with Crippen LogP contribution in [0.3, 0.4) is 0 Å². The summed E-state index contributed by atoms with van der Waals surface area (Å²) in [6.45, 7) is 14.4. The smallest absolute Gasteiger partial charge is 0.347 e. The fraction of sp³-hybridized carbons (Fsp3) is 0.333. The lowest BCUT2D eigenvalue weighted by Gasteiger charge is -2.44. The van der Waals surface area contributed by atoms with Gasteiger partial charge in [-0.15, -0.1) is 0 Å². The Bertz CT molecular complexity index is 1930. The molecule has 40 heavy (non-hydrogen) atoms. The van der Waals surface area contributed by atoms with Gasteiger partial charge in [-0.3, -0.25) is 0 Å². The molecule has 0 saturated heterocycles. The molecule has 0 saturated carbocycles. The molecule has 3 aliphatic heterocycles. The first-order valence-corrected chi connectivity index (χ1v) is 14.8. The molecule has 2 aromatic heterocycles. The van der Waals surface area contributed by atoms with E-state index in [4.69, 9.17) is 4.74 Å². The normalized spacial score (nSPS) is 21.5. The Morgan fingerprint density at radius 1 is 0.800 bits per heavy atom. The van der Waals surface area contributed by atoms with Gasteiger partial charge in [0.2, 0.25) is 11.2 Å². The third kappa shape index (κ3) is 2.31. The molecule has 9 rings (SSSR count). The van der Waals surface area contributed by atoms with Gasteiger partial charge in [0.25, 0.3) is 0 Å². The Morgan fingerprint density at radius 2 is 1.57 bits per heavy atom. The van der Waals surface area contributed by atoms with E-state index >= 15 is 0 Å². The van der Waals surface area contributed by atoms with E-state index in [1.165, 1.54) is 56.1 Å². The summed E-state index contributed by atoms with van der Waals surface area (Å²) in [6, 6.07) is 25.0. The molecular weight excluding hydrogens is 490 g/mol. The first kappa shape index (κ1) is 22.9. The summed E-state index contributed by atoms with van der Waals surface area (Å²) in [7, 11) is 0. The number of ether oxygens (including phenoxy) is 1.